The van der Waals surface area contributed by atoms with Crippen molar-refractivity contribution in [3.63, 3.8) is 0 Å². The van der Waals surface area contributed by atoms with Crippen LogP contribution in [0.4, 0.5) is 4.39 Å². The van der Waals surface area contributed by atoms with Gasteiger partial charge in [-0.1, -0.05) is 18.2 Å². The molecule has 0 aliphatic rings. The molecule has 90 valence electrons. The van der Waals surface area contributed by atoms with Crippen molar-refractivity contribution in [3.8, 4) is 0 Å². The predicted octanol–water partition coefficient (Wildman–Crippen LogP) is 1.31. The predicted molar refractivity (Wildman–Crippen MR) is 60.6 cm³/mol. The van der Waals surface area contributed by atoms with Gasteiger partial charge in [0.2, 0.25) is 0 Å². The van der Waals surface area contributed by atoms with Crippen LogP contribution in [0.1, 0.15) is 12.0 Å². The first-order valence-electron chi connectivity index (χ1n) is 5.37. The van der Waals surface area contributed by atoms with Gasteiger partial charge in [0.1, 0.15) is 5.82 Å². The summed E-state index contributed by atoms with van der Waals surface area (Å²) < 4.78 is 18.6. The van der Waals surface area contributed by atoms with Crippen molar-refractivity contribution in [2.45, 2.75) is 19.1 Å². The summed E-state index contributed by atoms with van der Waals surface area (Å²) in [5.74, 6) is -0.245. The van der Waals surface area contributed by atoms with Crippen molar-refractivity contribution in [2.24, 2.45) is 0 Å². The van der Waals surface area contributed by atoms with E-state index >= 15 is 0 Å². The third kappa shape index (κ3) is 4.26. The number of likely N-dealkylation sites (N-methyl/N-ethyl adjacent to an activating group) is 1. The minimum absolute atomic E-state index is 0.108. The van der Waals surface area contributed by atoms with Crippen molar-refractivity contribution in [2.75, 3.05) is 20.3 Å². The van der Waals surface area contributed by atoms with Gasteiger partial charge < -0.3 is 15.2 Å². The molecule has 0 amide bonds. The number of nitrogens with one attached hydrogen (secondary N) is 1. The molecule has 2 N–H and O–H groups in total. The first kappa shape index (κ1) is 13.1. The fourth-order valence-corrected chi connectivity index (χ4v) is 1.39. The lowest BCUT2D eigenvalue weighted by Gasteiger charge is -2.15. The molecular formula is C12H18FNO2. The summed E-state index contributed by atoms with van der Waals surface area (Å²) in [5, 5.41) is 11.8. The zero-order valence-corrected chi connectivity index (χ0v) is 9.45. The monoisotopic (exact) mass is 227 g/mol. The Bertz CT molecular complexity index is 307. The molecule has 0 bridgehead atoms. The van der Waals surface area contributed by atoms with Crippen LogP contribution in [0.2, 0.25) is 0 Å². The topological polar surface area (TPSA) is 41.5 Å². The van der Waals surface area contributed by atoms with Gasteiger partial charge in [0.15, 0.2) is 0 Å². The Morgan fingerprint density at radius 2 is 2.19 bits per heavy atom. The van der Waals surface area contributed by atoms with E-state index in [1.165, 1.54) is 6.07 Å². The fraction of sp³-hybridized carbons (Fsp3) is 0.500. The second-order valence-electron chi connectivity index (χ2n) is 3.60. The van der Waals surface area contributed by atoms with Gasteiger partial charge in [-0.2, -0.15) is 0 Å². The maximum absolute atomic E-state index is 13.2. The van der Waals surface area contributed by atoms with Crippen LogP contribution in [0.3, 0.4) is 0 Å². The Kier molecular flexibility index (Phi) is 6.00. The standard InChI is InChI=1S/C12H18FNO2/c1-14-11(6-7-15)9-16-8-10-4-2-3-5-12(10)13/h2-5,11,14-15H,6-9H2,1H3. The molecule has 1 rings (SSSR count). The van der Waals surface area contributed by atoms with Gasteiger partial charge in [-0.25, -0.2) is 4.39 Å². The summed E-state index contributed by atoms with van der Waals surface area (Å²) in [5.41, 5.74) is 0.557. The van der Waals surface area contributed by atoms with Crippen LogP contribution in [0, 0.1) is 5.82 Å². The number of aliphatic hydroxyl groups excluding tert-OH is 1. The zero-order chi connectivity index (χ0) is 11.8. The molecule has 0 heterocycles. The molecule has 0 saturated heterocycles. The van der Waals surface area contributed by atoms with Gasteiger partial charge in [-0.15, -0.1) is 0 Å². The number of halogens is 1. The van der Waals surface area contributed by atoms with Crippen molar-refractivity contribution in [1.82, 2.24) is 5.32 Å². The van der Waals surface area contributed by atoms with Crippen molar-refractivity contribution in [3.05, 3.63) is 35.6 Å². The lowest BCUT2D eigenvalue weighted by Crippen LogP contribution is -2.31. The Hall–Kier alpha value is -0.970. The first-order chi connectivity index (χ1) is 7.77. The van der Waals surface area contributed by atoms with E-state index in [4.69, 9.17) is 9.84 Å². The SMILES string of the molecule is CNC(CCO)COCc1ccccc1F. The Morgan fingerprint density at radius 1 is 1.44 bits per heavy atom. The molecule has 16 heavy (non-hydrogen) atoms. The average Bonchev–Trinajstić information content (AvgIpc) is 2.30. The molecule has 0 aliphatic heterocycles. The van der Waals surface area contributed by atoms with Gasteiger partial charge in [-0.05, 0) is 19.5 Å². The average molecular weight is 227 g/mol. The number of hydrogen-bond donors (Lipinski definition) is 2. The number of benzene rings is 1. The van der Waals surface area contributed by atoms with E-state index in [1.54, 1.807) is 18.2 Å². The van der Waals surface area contributed by atoms with Crippen LogP contribution in [0.25, 0.3) is 0 Å². The summed E-state index contributed by atoms with van der Waals surface area (Å²) in [6.07, 6.45) is 0.633. The van der Waals surface area contributed by atoms with Crippen LogP contribution < -0.4 is 5.32 Å². The van der Waals surface area contributed by atoms with Gasteiger partial charge in [0.05, 0.1) is 13.2 Å². The van der Waals surface area contributed by atoms with Crippen LogP contribution >= 0.6 is 0 Å². The van der Waals surface area contributed by atoms with E-state index in [0.29, 0.717) is 18.6 Å². The molecule has 4 heteroatoms. The lowest BCUT2D eigenvalue weighted by molar-refractivity contribution is 0.0904. The van der Waals surface area contributed by atoms with Crippen molar-refractivity contribution in [1.29, 1.82) is 0 Å². The number of ether oxygens (including phenoxy) is 1. The highest BCUT2D eigenvalue weighted by atomic mass is 19.1. The summed E-state index contributed by atoms with van der Waals surface area (Å²) in [6, 6.07) is 6.67. The summed E-state index contributed by atoms with van der Waals surface area (Å²) in [4.78, 5) is 0. The van der Waals surface area contributed by atoms with Crippen LogP contribution in [0.5, 0.6) is 0 Å². The molecule has 0 spiro atoms. The number of aliphatic hydroxyl groups is 1. The van der Waals surface area contributed by atoms with E-state index in [0.717, 1.165) is 0 Å². The second-order valence-corrected chi connectivity index (χ2v) is 3.60. The van der Waals surface area contributed by atoms with Gasteiger partial charge in [0.25, 0.3) is 0 Å². The van der Waals surface area contributed by atoms with E-state index in [9.17, 15) is 4.39 Å². The smallest absolute Gasteiger partial charge is 0.128 e. The molecule has 0 fully saturated rings. The van der Waals surface area contributed by atoms with E-state index in [2.05, 4.69) is 5.32 Å². The normalized spacial score (nSPS) is 12.7. The first-order valence-corrected chi connectivity index (χ1v) is 5.37. The van der Waals surface area contributed by atoms with Gasteiger partial charge in [-0.3, -0.25) is 0 Å². The van der Waals surface area contributed by atoms with E-state index in [-0.39, 0.29) is 25.1 Å². The molecular weight excluding hydrogens is 209 g/mol. The maximum Gasteiger partial charge on any atom is 0.128 e. The minimum atomic E-state index is -0.245. The maximum atomic E-state index is 13.2. The lowest BCUT2D eigenvalue weighted by atomic mass is 10.2. The Balaban J connectivity index is 2.32. The zero-order valence-electron chi connectivity index (χ0n) is 9.45. The van der Waals surface area contributed by atoms with Gasteiger partial charge >= 0.3 is 0 Å². The molecule has 0 aliphatic carbocycles. The Labute approximate surface area is 95.2 Å². The molecule has 3 nitrogen and oxygen atoms in total. The van der Waals surface area contributed by atoms with Gasteiger partial charge in [0, 0.05) is 18.2 Å². The third-order valence-electron chi connectivity index (χ3n) is 2.42. The molecule has 1 aromatic rings. The number of hydrogen-bond acceptors (Lipinski definition) is 3. The van der Waals surface area contributed by atoms with Crippen LogP contribution in [-0.2, 0) is 11.3 Å². The summed E-state index contributed by atoms with van der Waals surface area (Å²) in [6.45, 7) is 0.843. The summed E-state index contributed by atoms with van der Waals surface area (Å²) in [7, 11) is 1.81. The molecule has 1 aromatic carbocycles. The highest BCUT2D eigenvalue weighted by Crippen LogP contribution is 2.07. The number of rotatable bonds is 7. The largest absolute Gasteiger partial charge is 0.396 e. The quantitative estimate of drug-likeness (QED) is 0.738. The van der Waals surface area contributed by atoms with E-state index in [1.807, 2.05) is 7.05 Å². The van der Waals surface area contributed by atoms with Crippen LogP contribution in [0.15, 0.2) is 24.3 Å². The van der Waals surface area contributed by atoms with E-state index < -0.39 is 0 Å². The fourth-order valence-electron chi connectivity index (χ4n) is 1.39. The highest BCUT2D eigenvalue weighted by Gasteiger charge is 2.06. The summed E-state index contributed by atoms with van der Waals surface area (Å²) >= 11 is 0. The molecule has 0 radical (unpaired) electrons. The van der Waals surface area contributed by atoms with Crippen LogP contribution in [-0.4, -0.2) is 31.4 Å². The second kappa shape index (κ2) is 7.33. The minimum Gasteiger partial charge on any atom is -0.396 e. The highest BCUT2D eigenvalue weighted by molar-refractivity contribution is 5.16. The third-order valence-corrected chi connectivity index (χ3v) is 2.42. The van der Waals surface area contributed by atoms with Crippen molar-refractivity contribution < 1.29 is 14.2 Å². The Morgan fingerprint density at radius 3 is 2.81 bits per heavy atom. The van der Waals surface area contributed by atoms with Crippen molar-refractivity contribution >= 4 is 0 Å². The molecule has 0 saturated carbocycles. The molecule has 1 atom stereocenters. The molecule has 1 unspecified atom stereocenters. The molecule has 0 aromatic heterocycles.